The van der Waals surface area contributed by atoms with E-state index in [9.17, 15) is 23.9 Å². The average molecular weight is 632 g/mol. The van der Waals surface area contributed by atoms with Crippen molar-refractivity contribution < 1.29 is 28.6 Å². The van der Waals surface area contributed by atoms with Crippen LogP contribution in [-0.4, -0.2) is 52.9 Å². The Kier molecular flexibility index (Phi) is 9.25. The molecule has 0 radical (unpaired) electrons. The number of carbonyl (C=O) groups is 3. The number of amides is 2. The van der Waals surface area contributed by atoms with Gasteiger partial charge in [-0.1, -0.05) is 57.2 Å². The zero-order chi connectivity index (χ0) is 32.4. The normalized spacial score (nSPS) is 18.2. The average Bonchev–Trinajstić information content (AvgIpc) is 3.71. The van der Waals surface area contributed by atoms with E-state index in [0.717, 1.165) is 29.7 Å². The second-order valence-corrected chi connectivity index (χ2v) is 13.4. The zero-order valence-electron chi connectivity index (χ0n) is 25.8. The van der Waals surface area contributed by atoms with Gasteiger partial charge in [0, 0.05) is 17.3 Å². The monoisotopic (exact) mass is 631 g/mol. The van der Waals surface area contributed by atoms with Crippen molar-refractivity contribution in [3.63, 3.8) is 0 Å². The molecular formula is C35H38FN3O5S. The fourth-order valence-electron chi connectivity index (χ4n) is 5.67. The first-order chi connectivity index (χ1) is 21.4. The molecule has 236 valence electrons. The number of anilines is 1. The summed E-state index contributed by atoms with van der Waals surface area (Å²) in [5.41, 5.74) is 3.78. The summed E-state index contributed by atoms with van der Waals surface area (Å²) in [6.07, 6.45) is 3.01. The Bertz CT molecular complexity index is 1600. The summed E-state index contributed by atoms with van der Waals surface area (Å²) in [4.78, 5) is 39.3. The fourth-order valence-corrected chi connectivity index (χ4v) is 6.11. The lowest BCUT2D eigenvalue weighted by Gasteiger charge is -2.28. The molecule has 2 aliphatic rings. The van der Waals surface area contributed by atoms with Gasteiger partial charge in [0.05, 0.1) is 23.2 Å². The number of rotatable bonds is 11. The smallest absolute Gasteiger partial charge is 0.411 e. The largest absolute Gasteiger partial charge is 0.465 e. The highest BCUT2D eigenvalue weighted by molar-refractivity contribution is 8.02. The van der Waals surface area contributed by atoms with Crippen LogP contribution in [0.2, 0.25) is 0 Å². The van der Waals surface area contributed by atoms with Crippen LogP contribution in [0.25, 0.3) is 0 Å². The lowest BCUT2D eigenvalue weighted by Crippen LogP contribution is -2.46. The molecule has 2 atom stereocenters. The van der Waals surface area contributed by atoms with Crippen molar-refractivity contribution in [3.8, 4) is 0 Å². The number of cyclic esters (lactones) is 1. The van der Waals surface area contributed by atoms with E-state index in [4.69, 9.17) is 4.74 Å². The van der Waals surface area contributed by atoms with Crippen molar-refractivity contribution in [2.75, 3.05) is 18.1 Å². The molecule has 1 aliphatic heterocycles. The standard InChI is InChI=1S/C35H38FN3O5S/c1-34(2,3)24-6-5-7-25(19-24)35(16-17-35)39-21-30(44-33(39)43)28(38-32(41)42)18-22-8-14-27(15-9-22)37-31(45-4)20-29(40)23-10-12-26(36)13-11-23/h5-15,19-20,28,30,37-38H,16-18,21H2,1-4H3,(H,41,42)/b31-20-/t28-,30+/m0/s1. The number of benzene rings is 3. The third-order valence-electron chi connectivity index (χ3n) is 8.39. The Balaban J connectivity index is 1.27. The van der Waals surface area contributed by atoms with Crippen LogP contribution in [0, 0.1) is 5.82 Å². The molecule has 10 heteroatoms. The maximum absolute atomic E-state index is 13.2. The molecule has 3 aromatic rings. The maximum Gasteiger partial charge on any atom is 0.411 e. The molecule has 1 saturated heterocycles. The number of carbonyl (C=O) groups excluding carboxylic acids is 2. The molecule has 1 saturated carbocycles. The van der Waals surface area contributed by atoms with E-state index in [2.05, 4.69) is 49.6 Å². The van der Waals surface area contributed by atoms with Crippen molar-refractivity contribution in [2.45, 2.75) is 63.1 Å². The molecule has 0 bridgehead atoms. The number of nitrogens with zero attached hydrogens (tertiary/aromatic N) is 1. The summed E-state index contributed by atoms with van der Waals surface area (Å²) < 4.78 is 19.0. The van der Waals surface area contributed by atoms with E-state index in [-0.39, 0.29) is 17.7 Å². The highest BCUT2D eigenvalue weighted by Gasteiger charge is 2.56. The van der Waals surface area contributed by atoms with E-state index in [0.29, 0.717) is 17.0 Å². The third kappa shape index (κ3) is 7.50. The van der Waals surface area contributed by atoms with Crippen LogP contribution in [0.3, 0.4) is 0 Å². The topological polar surface area (TPSA) is 108 Å². The molecule has 0 spiro atoms. The number of hydrogen-bond donors (Lipinski definition) is 3. The summed E-state index contributed by atoms with van der Waals surface area (Å²) >= 11 is 1.36. The first-order valence-electron chi connectivity index (χ1n) is 14.9. The number of hydrogen-bond acceptors (Lipinski definition) is 6. The number of ether oxygens (including phenoxy) is 1. The minimum Gasteiger partial charge on any atom is -0.465 e. The van der Waals surface area contributed by atoms with Crippen molar-refractivity contribution in [3.05, 3.63) is 112 Å². The molecule has 8 nitrogen and oxygen atoms in total. The molecule has 1 heterocycles. The van der Waals surface area contributed by atoms with Gasteiger partial charge >= 0.3 is 12.2 Å². The molecular weight excluding hydrogens is 593 g/mol. The molecule has 0 aromatic heterocycles. The van der Waals surface area contributed by atoms with E-state index in [1.807, 2.05) is 36.6 Å². The molecule has 1 aliphatic carbocycles. The zero-order valence-corrected chi connectivity index (χ0v) is 26.6. The highest BCUT2D eigenvalue weighted by Crippen LogP contribution is 2.53. The predicted octanol–water partition coefficient (Wildman–Crippen LogP) is 7.31. The van der Waals surface area contributed by atoms with Crippen LogP contribution in [-0.2, 0) is 22.1 Å². The number of carboxylic acid groups (broad SMARTS) is 1. The number of halogens is 1. The van der Waals surface area contributed by atoms with Gasteiger partial charge in [-0.05, 0) is 84.0 Å². The maximum atomic E-state index is 13.2. The van der Waals surface area contributed by atoms with Gasteiger partial charge in [-0.3, -0.25) is 9.69 Å². The van der Waals surface area contributed by atoms with Crippen molar-refractivity contribution >= 4 is 35.4 Å². The van der Waals surface area contributed by atoms with E-state index >= 15 is 0 Å². The summed E-state index contributed by atoms with van der Waals surface area (Å²) in [7, 11) is 0. The number of ketones is 1. The Morgan fingerprint density at radius 3 is 2.40 bits per heavy atom. The highest BCUT2D eigenvalue weighted by atomic mass is 32.2. The van der Waals surface area contributed by atoms with Gasteiger partial charge in [0.2, 0.25) is 0 Å². The number of thioether (sulfide) groups is 1. The number of nitrogens with one attached hydrogen (secondary N) is 2. The third-order valence-corrected chi connectivity index (χ3v) is 9.05. The minimum atomic E-state index is -1.19. The molecule has 2 fully saturated rings. The summed E-state index contributed by atoms with van der Waals surface area (Å²) in [6, 6.07) is 20.5. The Hall–Kier alpha value is -4.31. The Morgan fingerprint density at radius 1 is 1.11 bits per heavy atom. The van der Waals surface area contributed by atoms with Crippen LogP contribution in [0.4, 0.5) is 19.7 Å². The molecule has 5 rings (SSSR count). The number of allylic oxidation sites excluding steroid dienone is 1. The van der Waals surface area contributed by atoms with E-state index < -0.39 is 35.7 Å². The van der Waals surface area contributed by atoms with Crippen LogP contribution < -0.4 is 10.6 Å². The first-order valence-corrected chi connectivity index (χ1v) is 16.1. The quantitative estimate of drug-likeness (QED) is 0.150. The predicted molar refractivity (Wildman–Crippen MR) is 174 cm³/mol. The second-order valence-electron chi connectivity index (χ2n) is 12.6. The summed E-state index contributed by atoms with van der Waals surface area (Å²) in [6.45, 7) is 6.76. The van der Waals surface area contributed by atoms with Gasteiger partial charge in [0.25, 0.3) is 0 Å². The lowest BCUT2D eigenvalue weighted by atomic mass is 9.85. The Morgan fingerprint density at radius 2 is 1.80 bits per heavy atom. The molecule has 0 unspecified atom stereocenters. The molecule has 2 amide bonds. The van der Waals surface area contributed by atoms with Crippen molar-refractivity contribution in [1.82, 2.24) is 10.2 Å². The molecule has 45 heavy (non-hydrogen) atoms. The first kappa shape index (κ1) is 32.1. The summed E-state index contributed by atoms with van der Waals surface area (Å²) in [5, 5.41) is 16.0. The Labute approximate surface area is 267 Å². The SMILES string of the molecule is CS/C(=C\C(=O)c1ccc(F)cc1)Nc1ccc(C[C@H](NC(=O)O)[C@H]2CN(C3(c4cccc(C(C)(C)C)c4)CC3)C(=O)O2)cc1. The fraction of sp³-hybridized carbons (Fsp3) is 0.343. The van der Waals surface area contributed by atoms with E-state index in [1.54, 1.807) is 4.90 Å². The van der Waals surface area contributed by atoms with Gasteiger partial charge in [0.15, 0.2) is 5.78 Å². The minimum absolute atomic E-state index is 0.0314. The molecule has 3 aromatic carbocycles. The van der Waals surface area contributed by atoms with Crippen molar-refractivity contribution in [1.29, 1.82) is 0 Å². The summed E-state index contributed by atoms with van der Waals surface area (Å²) in [5.74, 6) is -0.655. The van der Waals surface area contributed by atoms with Gasteiger partial charge in [-0.2, -0.15) is 0 Å². The second kappa shape index (κ2) is 13.0. The van der Waals surface area contributed by atoms with Crippen molar-refractivity contribution in [2.24, 2.45) is 0 Å². The lowest BCUT2D eigenvalue weighted by molar-refractivity contribution is 0.104. The molecule has 3 N–H and O–H groups in total. The van der Waals surface area contributed by atoms with E-state index in [1.165, 1.54) is 47.7 Å². The van der Waals surface area contributed by atoms with Gasteiger partial charge < -0.3 is 20.5 Å². The van der Waals surface area contributed by atoms with Gasteiger partial charge in [-0.15, -0.1) is 11.8 Å². The van der Waals surface area contributed by atoms with Crippen LogP contribution >= 0.6 is 11.8 Å². The van der Waals surface area contributed by atoms with Crippen LogP contribution in [0.1, 0.15) is 60.7 Å². The van der Waals surface area contributed by atoms with Gasteiger partial charge in [0.1, 0.15) is 11.9 Å². The van der Waals surface area contributed by atoms with Crippen LogP contribution in [0.15, 0.2) is 83.9 Å². The van der Waals surface area contributed by atoms with Crippen LogP contribution in [0.5, 0.6) is 0 Å². The van der Waals surface area contributed by atoms with Gasteiger partial charge in [-0.25, -0.2) is 14.0 Å².